The molecule has 1 aliphatic rings. The third kappa shape index (κ3) is 4.95. The Hall–Kier alpha value is -1.60. The van der Waals surface area contributed by atoms with Gasteiger partial charge in [0.1, 0.15) is 0 Å². The number of amides is 2. The van der Waals surface area contributed by atoms with Gasteiger partial charge in [-0.1, -0.05) is 26.0 Å². The summed E-state index contributed by atoms with van der Waals surface area (Å²) in [5.74, 6) is 0.364. The normalized spacial score (nSPS) is 17.0. The number of carbonyl (C=O) groups is 1. The molecule has 0 bridgehead atoms. The van der Waals surface area contributed by atoms with Gasteiger partial charge in [0.15, 0.2) is 0 Å². The van der Waals surface area contributed by atoms with E-state index in [1.165, 1.54) is 4.31 Å². The van der Waals surface area contributed by atoms with Crippen LogP contribution in [0.1, 0.15) is 45.6 Å². The molecule has 0 aliphatic carbocycles. The first-order valence-electron chi connectivity index (χ1n) is 8.87. The minimum absolute atomic E-state index is 0.0649. The molecule has 0 radical (unpaired) electrons. The third-order valence-corrected chi connectivity index (χ3v) is 6.25. The second-order valence-electron chi connectivity index (χ2n) is 7.07. The zero-order valence-corrected chi connectivity index (χ0v) is 16.3. The lowest BCUT2D eigenvalue weighted by molar-refractivity contribution is 0.198. The summed E-state index contributed by atoms with van der Waals surface area (Å²) in [5.41, 5.74) is 1.12. The van der Waals surface area contributed by atoms with Gasteiger partial charge < -0.3 is 10.2 Å². The third-order valence-electron chi connectivity index (χ3n) is 4.34. The lowest BCUT2D eigenvalue weighted by atomic mass is 10.0. The highest BCUT2D eigenvalue weighted by Crippen LogP contribution is 2.21. The predicted molar refractivity (Wildman–Crippen MR) is 99.1 cm³/mol. The highest BCUT2D eigenvalue weighted by molar-refractivity contribution is 7.89. The number of urea groups is 1. The highest BCUT2D eigenvalue weighted by atomic mass is 32.2. The average molecular weight is 368 g/mol. The molecule has 0 aromatic heterocycles. The van der Waals surface area contributed by atoms with Crippen LogP contribution in [0.3, 0.4) is 0 Å². The van der Waals surface area contributed by atoms with Gasteiger partial charge in [-0.05, 0) is 43.9 Å². The van der Waals surface area contributed by atoms with Crippen molar-refractivity contribution in [2.75, 3.05) is 26.2 Å². The summed E-state index contributed by atoms with van der Waals surface area (Å²) in [6, 6.07) is 7.04. The van der Waals surface area contributed by atoms with Crippen LogP contribution in [0.15, 0.2) is 29.2 Å². The fraction of sp³-hybridized carbons (Fsp3) is 0.611. The molecule has 1 fully saturated rings. The number of benzene rings is 1. The van der Waals surface area contributed by atoms with Crippen LogP contribution in [0, 0.1) is 0 Å². The Kier molecular flexibility index (Phi) is 6.46. The van der Waals surface area contributed by atoms with Crippen LogP contribution in [0.5, 0.6) is 0 Å². The summed E-state index contributed by atoms with van der Waals surface area (Å²) >= 11 is 0. The molecule has 1 aromatic carbocycles. The first-order valence-corrected chi connectivity index (χ1v) is 10.3. The van der Waals surface area contributed by atoms with Crippen molar-refractivity contribution in [2.45, 2.75) is 51.0 Å². The van der Waals surface area contributed by atoms with E-state index in [-0.39, 0.29) is 12.1 Å². The number of carbonyl (C=O) groups excluding carboxylic acids is 1. The lowest BCUT2D eigenvalue weighted by Crippen LogP contribution is -2.44. The van der Waals surface area contributed by atoms with Crippen molar-refractivity contribution in [2.24, 2.45) is 0 Å². The van der Waals surface area contributed by atoms with Gasteiger partial charge >= 0.3 is 6.03 Å². The largest absolute Gasteiger partial charge is 0.336 e. The van der Waals surface area contributed by atoms with E-state index in [4.69, 9.17) is 0 Å². The first-order chi connectivity index (χ1) is 11.7. The Morgan fingerprint density at radius 2 is 1.64 bits per heavy atom. The molecule has 6 nitrogen and oxygen atoms in total. The maximum absolute atomic E-state index is 12.9. The van der Waals surface area contributed by atoms with E-state index in [2.05, 4.69) is 19.2 Å². The second-order valence-corrected chi connectivity index (χ2v) is 9.01. The quantitative estimate of drug-likeness (QED) is 0.889. The van der Waals surface area contributed by atoms with Gasteiger partial charge in [0, 0.05) is 32.2 Å². The fourth-order valence-electron chi connectivity index (χ4n) is 2.85. The summed E-state index contributed by atoms with van der Waals surface area (Å²) in [6.07, 6.45) is 0.634. The Labute approximate surface area is 151 Å². The summed E-state index contributed by atoms with van der Waals surface area (Å²) in [4.78, 5) is 14.1. The fourth-order valence-corrected chi connectivity index (χ4v) is 4.32. The van der Waals surface area contributed by atoms with Gasteiger partial charge in [0.2, 0.25) is 10.0 Å². The minimum Gasteiger partial charge on any atom is -0.336 e. The van der Waals surface area contributed by atoms with E-state index in [1.54, 1.807) is 17.0 Å². The van der Waals surface area contributed by atoms with Crippen LogP contribution in [0.2, 0.25) is 0 Å². The van der Waals surface area contributed by atoms with Crippen LogP contribution < -0.4 is 5.32 Å². The van der Waals surface area contributed by atoms with E-state index in [0.29, 0.717) is 43.4 Å². The molecular formula is C18H29N3O3S. The summed E-state index contributed by atoms with van der Waals surface area (Å²) in [6.45, 7) is 9.70. The standard InChI is InChI=1S/C18H29N3O3S/c1-14(2)16-6-8-17(9-7-16)25(23,24)21-11-5-10-20(12-13-21)18(22)19-15(3)4/h6-9,14-15H,5,10-13H2,1-4H3,(H,19,22). The Morgan fingerprint density at radius 1 is 1.00 bits per heavy atom. The molecule has 7 heteroatoms. The molecule has 2 rings (SSSR count). The van der Waals surface area contributed by atoms with Crippen molar-refractivity contribution in [3.63, 3.8) is 0 Å². The molecule has 1 aromatic rings. The molecule has 25 heavy (non-hydrogen) atoms. The molecule has 0 saturated carbocycles. The minimum atomic E-state index is -3.53. The number of nitrogens with one attached hydrogen (secondary N) is 1. The maximum atomic E-state index is 12.9. The molecule has 0 atom stereocenters. The van der Waals surface area contributed by atoms with E-state index < -0.39 is 10.0 Å². The van der Waals surface area contributed by atoms with Gasteiger partial charge in [-0.25, -0.2) is 13.2 Å². The van der Waals surface area contributed by atoms with Crippen LogP contribution in [0.4, 0.5) is 4.79 Å². The topological polar surface area (TPSA) is 69.7 Å². The molecular weight excluding hydrogens is 338 g/mol. The van der Waals surface area contributed by atoms with E-state index in [0.717, 1.165) is 5.56 Å². The van der Waals surface area contributed by atoms with Gasteiger partial charge in [-0.3, -0.25) is 0 Å². The van der Waals surface area contributed by atoms with Gasteiger partial charge in [0.05, 0.1) is 4.90 Å². The molecule has 1 heterocycles. The van der Waals surface area contributed by atoms with Crippen LogP contribution in [-0.2, 0) is 10.0 Å². The van der Waals surface area contributed by atoms with E-state index >= 15 is 0 Å². The van der Waals surface area contributed by atoms with Crippen molar-refractivity contribution >= 4 is 16.1 Å². The molecule has 2 amide bonds. The van der Waals surface area contributed by atoms with Gasteiger partial charge in [0.25, 0.3) is 0 Å². The van der Waals surface area contributed by atoms with Crippen molar-refractivity contribution in [3.8, 4) is 0 Å². The number of rotatable bonds is 4. The van der Waals surface area contributed by atoms with Crippen LogP contribution in [-0.4, -0.2) is 55.9 Å². The Balaban J connectivity index is 2.09. The monoisotopic (exact) mass is 367 g/mol. The number of nitrogens with zero attached hydrogens (tertiary/aromatic N) is 2. The Bertz CT molecular complexity index is 684. The average Bonchev–Trinajstić information content (AvgIpc) is 2.81. The SMILES string of the molecule is CC(C)NC(=O)N1CCCN(S(=O)(=O)c2ccc(C(C)C)cc2)CC1. The molecule has 0 spiro atoms. The number of sulfonamides is 1. The maximum Gasteiger partial charge on any atom is 0.317 e. The smallest absolute Gasteiger partial charge is 0.317 e. The zero-order valence-electron chi connectivity index (χ0n) is 15.5. The van der Waals surface area contributed by atoms with Gasteiger partial charge in [-0.2, -0.15) is 4.31 Å². The molecule has 0 unspecified atom stereocenters. The molecule has 1 aliphatic heterocycles. The molecule has 140 valence electrons. The van der Waals surface area contributed by atoms with Crippen LogP contribution >= 0.6 is 0 Å². The first kappa shape index (κ1) is 19.7. The number of hydrogen-bond acceptors (Lipinski definition) is 3. The van der Waals surface area contributed by atoms with Crippen molar-refractivity contribution in [1.82, 2.24) is 14.5 Å². The summed E-state index contributed by atoms with van der Waals surface area (Å²) in [7, 11) is -3.53. The Morgan fingerprint density at radius 3 is 2.20 bits per heavy atom. The summed E-state index contributed by atoms with van der Waals surface area (Å²) < 4.78 is 27.3. The van der Waals surface area contributed by atoms with Gasteiger partial charge in [-0.15, -0.1) is 0 Å². The second kappa shape index (κ2) is 8.19. The van der Waals surface area contributed by atoms with E-state index in [9.17, 15) is 13.2 Å². The zero-order chi connectivity index (χ0) is 18.6. The number of hydrogen-bond donors (Lipinski definition) is 1. The van der Waals surface area contributed by atoms with Crippen molar-refractivity contribution < 1.29 is 13.2 Å². The predicted octanol–water partition coefficient (Wildman–Crippen LogP) is 2.62. The van der Waals surface area contributed by atoms with E-state index in [1.807, 2.05) is 26.0 Å². The van der Waals surface area contributed by atoms with Crippen molar-refractivity contribution in [3.05, 3.63) is 29.8 Å². The highest BCUT2D eigenvalue weighted by Gasteiger charge is 2.28. The summed E-state index contributed by atoms with van der Waals surface area (Å²) in [5, 5.41) is 2.86. The molecule has 1 N–H and O–H groups in total. The lowest BCUT2D eigenvalue weighted by Gasteiger charge is -2.23. The molecule has 1 saturated heterocycles. The van der Waals surface area contributed by atoms with Crippen molar-refractivity contribution in [1.29, 1.82) is 0 Å². The van der Waals surface area contributed by atoms with Crippen LogP contribution in [0.25, 0.3) is 0 Å².